The van der Waals surface area contributed by atoms with E-state index in [0.29, 0.717) is 22.5 Å². The smallest absolute Gasteiger partial charge is 0.221 e. The van der Waals surface area contributed by atoms with Crippen molar-refractivity contribution in [2.45, 2.75) is 13.8 Å². The maximum atomic E-state index is 11.0. The van der Waals surface area contributed by atoms with E-state index in [0.717, 1.165) is 0 Å². The minimum atomic E-state index is -0.277. The Hall–Kier alpha value is -3.02. The third-order valence-electron chi connectivity index (χ3n) is 2.95. The Morgan fingerprint density at radius 3 is 1.41 bits per heavy atom. The monoisotopic (exact) mass is 300 g/mol. The van der Waals surface area contributed by atoms with Crippen LogP contribution in [0.1, 0.15) is 13.8 Å². The largest absolute Gasteiger partial charge is 0.506 e. The van der Waals surface area contributed by atoms with Gasteiger partial charge in [0.25, 0.3) is 0 Å². The van der Waals surface area contributed by atoms with Crippen LogP contribution in [-0.4, -0.2) is 22.0 Å². The van der Waals surface area contributed by atoms with E-state index in [4.69, 9.17) is 0 Å². The lowest BCUT2D eigenvalue weighted by atomic mass is 10.0. The lowest BCUT2D eigenvalue weighted by Gasteiger charge is -2.10. The van der Waals surface area contributed by atoms with Crippen LogP contribution in [0, 0.1) is 0 Å². The molecule has 4 N–H and O–H groups in total. The molecule has 6 nitrogen and oxygen atoms in total. The average molecular weight is 300 g/mol. The topological polar surface area (TPSA) is 98.7 Å². The molecule has 0 spiro atoms. The van der Waals surface area contributed by atoms with Gasteiger partial charge in [-0.3, -0.25) is 9.59 Å². The van der Waals surface area contributed by atoms with Crippen molar-refractivity contribution < 1.29 is 19.8 Å². The van der Waals surface area contributed by atoms with Gasteiger partial charge in [0.15, 0.2) is 0 Å². The molecule has 2 amide bonds. The van der Waals surface area contributed by atoms with E-state index in [1.54, 1.807) is 24.3 Å². The molecule has 0 aliphatic carbocycles. The van der Waals surface area contributed by atoms with Crippen molar-refractivity contribution in [3.8, 4) is 22.6 Å². The predicted octanol–water partition coefficient (Wildman–Crippen LogP) is 2.68. The molecule has 2 aromatic rings. The van der Waals surface area contributed by atoms with Crippen LogP contribution in [-0.2, 0) is 9.59 Å². The number of nitrogens with one attached hydrogen (secondary N) is 2. The van der Waals surface area contributed by atoms with Gasteiger partial charge in [-0.1, -0.05) is 12.1 Å². The van der Waals surface area contributed by atoms with Gasteiger partial charge in [0, 0.05) is 13.8 Å². The van der Waals surface area contributed by atoms with Crippen LogP contribution in [0.2, 0.25) is 0 Å². The van der Waals surface area contributed by atoms with Gasteiger partial charge in [-0.15, -0.1) is 0 Å². The Morgan fingerprint density at radius 2 is 1.14 bits per heavy atom. The van der Waals surface area contributed by atoms with Gasteiger partial charge in [-0.2, -0.15) is 0 Å². The highest BCUT2D eigenvalue weighted by atomic mass is 16.3. The van der Waals surface area contributed by atoms with Crippen molar-refractivity contribution in [2.75, 3.05) is 10.6 Å². The van der Waals surface area contributed by atoms with Crippen molar-refractivity contribution in [1.29, 1.82) is 0 Å². The molecular weight excluding hydrogens is 284 g/mol. The van der Waals surface area contributed by atoms with Gasteiger partial charge in [0.2, 0.25) is 11.8 Å². The summed E-state index contributed by atoms with van der Waals surface area (Å²) in [4.78, 5) is 22.0. The molecule has 0 aliphatic heterocycles. The molecule has 0 fully saturated rings. The molecule has 0 radical (unpaired) electrons. The Kier molecular flexibility index (Phi) is 4.31. The Morgan fingerprint density at radius 1 is 0.773 bits per heavy atom. The zero-order valence-corrected chi connectivity index (χ0v) is 12.2. The van der Waals surface area contributed by atoms with Crippen molar-refractivity contribution >= 4 is 23.2 Å². The first-order valence-electron chi connectivity index (χ1n) is 6.58. The van der Waals surface area contributed by atoms with Crippen molar-refractivity contribution in [2.24, 2.45) is 0 Å². The zero-order chi connectivity index (χ0) is 16.3. The average Bonchev–Trinajstić information content (AvgIpc) is 2.42. The summed E-state index contributed by atoms with van der Waals surface area (Å²) in [5, 5.41) is 24.8. The van der Waals surface area contributed by atoms with Crippen LogP contribution < -0.4 is 10.6 Å². The SMILES string of the molecule is CC(=O)Nc1ccc(-c2ccc(NC(C)=O)c(O)c2)cc1O. The van der Waals surface area contributed by atoms with E-state index in [9.17, 15) is 19.8 Å². The van der Waals surface area contributed by atoms with Gasteiger partial charge in [-0.25, -0.2) is 0 Å². The number of phenolic OH excluding ortho intramolecular Hbond substituents is 2. The zero-order valence-electron chi connectivity index (χ0n) is 12.2. The van der Waals surface area contributed by atoms with E-state index < -0.39 is 0 Å². The highest BCUT2D eigenvalue weighted by Gasteiger charge is 2.08. The third kappa shape index (κ3) is 3.54. The highest BCUT2D eigenvalue weighted by molar-refractivity contribution is 5.92. The van der Waals surface area contributed by atoms with Crippen LogP contribution in [0.3, 0.4) is 0 Å². The normalized spacial score (nSPS) is 10.1. The Bertz CT molecular complexity index is 677. The van der Waals surface area contributed by atoms with Gasteiger partial charge in [0.1, 0.15) is 11.5 Å². The van der Waals surface area contributed by atoms with Crippen LogP contribution >= 0.6 is 0 Å². The minimum absolute atomic E-state index is 0.0712. The fraction of sp³-hybridized carbons (Fsp3) is 0.125. The second-order valence-corrected chi connectivity index (χ2v) is 4.83. The lowest BCUT2D eigenvalue weighted by molar-refractivity contribution is -0.115. The fourth-order valence-electron chi connectivity index (χ4n) is 2.01. The van der Waals surface area contributed by atoms with Crippen LogP contribution in [0.5, 0.6) is 11.5 Å². The number of hydrogen-bond acceptors (Lipinski definition) is 4. The molecule has 0 bridgehead atoms. The summed E-state index contributed by atoms with van der Waals surface area (Å²) in [7, 11) is 0. The first-order valence-corrected chi connectivity index (χ1v) is 6.58. The first-order chi connectivity index (χ1) is 10.4. The van der Waals surface area contributed by atoms with Gasteiger partial charge in [-0.05, 0) is 35.4 Å². The third-order valence-corrected chi connectivity index (χ3v) is 2.95. The number of benzene rings is 2. The lowest BCUT2D eigenvalue weighted by Crippen LogP contribution is -2.06. The summed E-state index contributed by atoms with van der Waals surface area (Å²) in [6.07, 6.45) is 0. The summed E-state index contributed by atoms with van der Waals surface area (Å²) in [5.74, 6) is -0.697. The molecule has 2 aromatic carbocycles. The number of carbonyl (C=O) groups is 2. The quantitative estimate of drug-likeness (QED) is 0.655. The molecule has 22 heavy (non-hydrogen) atoms. The number of phenols is 2. The Balaban J connectivity index is 2.32. The van der Waals surface area contributed by atoms with Gasteiger partial charge >= 0.3 is 0 Å². The first kappa shape index (κ1) is 15.4. The number of aromatic hydroxyl groups is 2. The molecule has 0 saturated carbocycles. The number of amides is 2. The van der Waals surface area contributed by atoms with E-state index in [1.165, 1.54) is 26.0 Å². The standard InChI is InChI=1S/C16H16N2O4/c1-9(19)17-13-5-3-11(7-15(13)21)12-4-6-14(16(22)8-12)18-10(2)20/h3-8,21-22H,1-2H3,(H,17,19)(H,18,20). The molecule has 114 valence electrons. The second kappa shape index (κ2) is 6.17. The number of rotatable bonds is 3. The van der Waals surface area contributed by atoms with Crippen LogP contribution in [0.15, 0.2) is 36.4 Å². The van der Waals surface area contributed by atoms with Gasteiger partial charge < -0.3 is 20.8 Å². The molecule has 0 aliphatic rings. The minimum Gasteiger partial charge on any atom is -0.506 e. The van der Waals surface area contributed by atoms with E-state index in [2.05, 4.69) is 10.6 Å². The van der Waals surface area contributed by atoms with E-state index in [1.807, 2.05) is 0 Å². The highest BCUT2D eigenvalue weighted by Crippen LogP contribution is 2.33. The summed E-state index contributed by atoms with van der Waals surface area (Å²) in [5.41, 5.74) is 1.96. The molecule has 0 atom stereocenters. The van der Waals surface area contributed by atoms with Crippen LogP contribution in [0.4, 0.5) is 11.4 Å². The summed E-state index contributed by atoms with van der Waals surface area (Å²) in [6, 6.07) is 9.53. The van der Waals surface area contributed by atoms with Crippen molar-refractivity contribution in [1.82, 2.24) is 0 Å². The van der Waals surface area contributed by atoms with Crippen LogP contribution in [0.25, 0.3) is 11.1 Å². The fourth-order valence-corrected chi connectivity index (χ4v) is 2.01. The predicted molar refractivity (Wildman–Crippen MR) is 83.8 cm³/mol. The summed E-state index contributed by atoms with van der Waals surface area (Å²) >= 11 is 0. The molecule has 6 heteroatoms. The molecule has 0 aromatic heterocycles. The number of anilines is 2. The molecule has 2 rings (SSSR count). The van der Waals surface area contributed by atoms with E-state index >= 15 is 0 Å². The Labute approximate surface area is 127 Å². The molecule has 0 saturated heterocycles. The van der Waals surface area contributed by atoms with E-state index in [-0.39, 0.29) is 23.3 Å². The second-order valence-electron chi connectivity index (χ2n) is 4.83. The number of carbonyl (C=O) groups excluding carboxylic acids is 2. The molecule has 0 heterocycles. The van der Waals surface area contributed by atoms with Gasteiger partial charge in [0.05, 0.1) is 11.4 Å². The molecule has 0 unspecified atom stereocenters. The van der Waals surface area contributed by atoms with Crippen molar-refractivity contribution in [3.63, 3.8) is 0 Å². The maximum Gasteiger partial charge on any atom is 0.221 e. The molecular formula is C16H16N2O4. The summed E-state index contributed by atoms with van der Waals surface area (Å²) in [6.45, 7) is 2.71. The number of hydrogen-bond donors (Lipinski definition) is 4. The summed E-state index contributed by atoms with van der Waals surface area (Å²) < 4.78 is 0. The maximum absolute atomic E-state index is 11.0. The van der Waals surface area contributed by atoms with Crippen molar-refractivity contribution in [3.05, 3.63) is 36.4 Å².